The van der Waals surface area contributed by atoms with E-state index in [1.807, 2.05) is 41.3 Å². The minimum atomic E-state index is -0.115. The van der Waals surface area contributed by atoms with E-state index in [2.05, 4.69) is 58.7 Å². The van der Waals surface area contributed by atoms with Gasteiger partial charge < -0.3 is 19.7 Å². The van der Waals surface area contributed by atoms with Gasteiger partial charge in [0.2, 0.25) is 0 Å². The summed E-state index contributed by atoms with van der Waals surface area (Å²) in [7, 11) is 1.60. The van der Waals surface area contributed by atoms with Crippen LogP contribution in [0, 0.1) is 0 Å². The number of piperazine rings is 1. The molecule has 3 aromatic carbocycles. The maximum absolute atomic E-state index is 12.6. The molecule has 1 aliphatic heterocycles. The molecule has 32 heavy (non-hydrogen) atoms. The van der Waals surface area contributed by atoms with Crippen LogP contribution in [0.1, 0.15) is 17.2 Å². The molecule has 1 N–H and O–H groups in total. The Kier molecular flexibility index (Phi) is 7.25. The monoisotopic (exact) mass is 431 g/mol. The van der Waals surface area contributed by atoms with Gasteiger partial charge in [0.25, 0.3) is 0 Å². The van der Waals surface area contributed by atoms with Gasteiger partial charge in [-0.3, -0.25) is 4.90 Å². The molecule has 2 amide bonds. The highest BCUT2D eigenvalue weighted by atomic mass is 16.5. The fraction of sp³-hybridized carbons (Fsp3) is 0.269. The van der Waals surface area contributed by atoms with E-state index in [1.54, 1.807) is 7.11 Å². The minimum absolute atomic E-state index is 0.0933. The third-order valence-electron chi connectivity index (χ3n) is 5.72. The molecule has 0 bridgehead atoms. The number of hydrogen-bond acceptors (Lipinski definition) is 4. The molecule has 3 aromatic rings. The fourth-order valence-electron chi connectivity index (χ4n) is 4.09. The first-order valence-electron chi connectivity index (χ1n) is 10.9. The zero-order valence-corrected chi connectivity index (χ0v) is 18.3. The Morgan fingerprint density at radius 1 is 0.812 bits per heavy atom. The number of rotatable bonds is 7. The van der Waals surface area contributed by atoms with Gasteiger partial charge in [0.05, 0.1) is 13.2 Å². The number of nitrogens with one attached hydrogen (secondary N) is 1. The lowest BCUT2D eigenvalue weighted by molar-refractivity contribution is 0.116. The second-order valence-corrected chi connectivity index (χ2v) is 7.67. The average Bonchev–Trinajstić information content (AvgIpc) is 2.86. The van der Waals surface area contributed by atoms with Crippen molar-refractivity contribution in [3.8, 4) is 11.5 Å². The Bertz CT molecular complexity index is 950. The molecular weight excluding hydrogens is 402 g/mol. The molecule has 0 aromatic heterocycles. The molecular formula is C26H29N3O3. The summed E-state index contributed by atoms with van der Waals surface area (Å²) in [5.74, 6) is 1.25. The van der Waals surface area contributed by atoms with Gasteiger partial charge in [-0.05, 0) is 23.3 Å². The molecule has 0 saturated carbocycles. The van der Waals surface area contributed by atoms with E-state index >= 15 is 0 Å². The summed E-state index contributed by atoms with van der Waals surface area (Å²) in [6, 6.07) is 28.5. The fourth-order valence-corrected chi connectivity index (χ4v) is 4.09. The van der Waals surface area contributed by atoms with Crippen LogP contribution in [0.4, 0.5) is 4.79 Å². The highest BCUT2D eigenvalue weighted by Gasteiger charge is 2.28. The van der Waals surface area contributed by atoms with Crippen LogP contribution in [-0.4, -0.2) is 55.9 Å². The van der Waals surface area contributed by atoms with E-state index in [9.17, 15) is 4.79 Å². The first-order chi connectivity index (χ1) is 15.8. The molecule has 6 nitrogen and oxygen atoms in total. The van der Waals surface area contributed by atoms with Crippen molar-refractivity contribution in [3.05, 3.63) is 96.1 Å². The first-order valence-corrected chi connectivity index (χ1v) is 10.9. The number of carbonyl (C=O) groups excluding carboxylic acids is 1. The van der Waals surface area contributed by atoms with E-state index in [0.29, 0.717) is 24.6 Å². The van der Waals surface area contributed by atoms with Crippen LogP contribution >= 0.6 is 0 Å². The maximum atomic E-state index is 12.6. The number of hydrogen-bond donors (Lipinski definition) is 1. The van der Waals surface area contributed by atoms with Crippen LogP contribution in [0.25, 0.3) is 0 Å². The summed E-state index contributed by atoms with van der Waals surface area (Å²) in [5, 5.41) is 2.85. The number of methoxy groups -OCH3 is 1. The molecule has 6 heteroatoms. The normalized spacial score (nSPS) is 14.2. The van der Waals surface area contributed by atoms with Crippen LogP contribution < -0.4 is 14.8 Å². The molecule has 1 heterocycles. The summed E-state index contributed by atoms with van der Waals surface area (Å²) in [6.07, 6.45) is 0. The molecule has 166 valence electrons. The predicted octanol–water partition coefficient (Wildman–Crippen LogP) is 4.15. The molecule has 1 aliphatic rings. The van der Waals surface area contributed by atoms with E-state index in [-0.39, 0.29) is 18.8 Å². The van der Waals surface area contributed by atoms with Crippen LogP contribution in [-0.2, 0) is 0 Å². The van der Waals surface area contributed by atoms with E-state index < -0.39 is 0 Å². The second-order valence-electron chi connectivity index (χ2n) is 7.67. The summed E-state index contributed by atoms with van der Waals surface area (Å²) >= 11 is 0. The molecule has 1 saturated heterocycles. The molecule has 0 unspecified atom stereocenters. The Labute approximate surface area is 189 Å². The molecule has 4 rings (SSSR count). The lowest BCUT2D eigenvalue weighted by atomic mass is 9.96. The van der Waals surface area contributed by atoms with Gasteiger partial charge in [-0.15, -0.1) is 0 Å². The van der Waals surface area contributed by atoms with Crippen molar-refractivity contribution in [2.24, 2.45) is 0 Å². The summed E-state index contributed by atoms with van der Waals surface area (Å²) in [5.41, 5.74) is 2.53. The molecule has 0 spiro atoms. The van der Waals surface area contributed by atoms with Crippen LogP contribution in [0.3, 0.4) is 0 Å². The predicted molar refractivity (Wildman–Crippen MR) is 125 cm³/mol. The number of amides is 2. The lowest BCUT2D eigenvalue weighted by Gasteiger charge is -2.39. The van der Waals surface area contributed by atoms with Gasteiger partial charge in [0, 0.05) is 26.2 Å². The van der Waals surface area contributed by atoms with Crippen molar-refractivity contribution in [2.45, 2.75) is 6.04 Å². The number of ether oxygens (including phenoxy) is 2. The Balaban J connectivity index is 1.33. The average molecular weight is 432 g/mol. The zero-order valence-electron chi connectivity index (χ0n) is 18.3. The molecule has 0 aliphatic carbocycles. The number of benzene rings is 3. The van der Waals surface area contributed by atoms with E-state index in [0.717, 1.165) is 13.1 Å². The van der Waals surface area contributed by atoms with Gasteiger partial charge in [-0.1, -0.05) is 72.8 Å². The van der Waals surface area contributed by atoms with Crippen LogP contribution in [0.2, 0.25) is 0 Å². The number of urea groups is 1. The van der Waals surface area contributed by atoms with Crippen molar-refractivity contribution in [3.63, 3.8) is 0 Å². The zero-order chi connectivity index (χ0) is 22.2. The standard InChI is InChI=1S/C26H29N3O3/c1-31-23-14-8-9-15-24(23)32-20-27-26(30)29-18-16-28(17-19-29)25(21-10-4-2-5-11-21)22-12-6-3-7-13-22/h2-15,25H,16-20H2,1H3,(H,27,30). The van der Waals surface area contributed by atoms with Crippen molar-refractivity contribution in [2.75, 3.05) is 40.0 Å². The quantitative estimate of drug-likeness (QED) is 0.571. The number of para-hydroxylation sites is 2. The smallest absolute Gasteiger partial charge is 0.320 e. The topological polar surface area (TPSA) is 54.0 Å². The highest BCUT2D eigenvalue weighted by molar-refractivity contribution is 5.74. The van der Waals surface area contributed by atoms with Crippen molar-refractivity contribution in [1.82, 2.24) is 15.1 Å². The minimum Gasteiger partial charge on any atom is -0.493 e. The van der Waals surface area contributed by atoms with E-state index in [4.69, 9.17) is 9.47 Å². The molecule has 1 fully saturated rings. The Hall–Kier alpha value is -3.51. The van der Waals surface area contributed by atoms with Crippen molar-refractivity contribution < 1.29 is 14.3 Å². The van der Waals surface area contributed by atoms with Crippen LogP contribution in [0.15, 0.2) is 84.9 Å². The van der Waals surface area contributed by atoms with E-state index in [1.165, 1.54) is 11.1 Å². The van der Waals surface area contributed by atoms with Gasteiger partial charge >= 0.3 is 6.03 Å². The summed E-state index contributed by atoms with van der Waals surface area (Å²) < 4.78 is 10.9. The first kappa shape index (κ1) is 21.7. The summed E-state index contributed by atoms with van der Waals surface area (Å²) in [4.78, 5) is 16.9. The molecule has 0 radical (unpaired) electrons. The largest absolute Gasteiger partial charge is 0.493 e. The summed E-state index contributed by atoms with van der Waals surface area (Å²) in [6.45, 7) is 3.02. The maximum Gasteiger partial charge on any atom is 0.320 e. The highest BCUT2D eigenvalue weighted by Crippen LogP contribution is 2.29. The lowest BCUT2D eigenvalue weighted by Crippen LogP contribution is -2.53. The molecule has 0 atom stereocenters. The number of nitrogens with zero attached hydrogens (tertiary/aromatic N) is 2. The van der Waals surface area contributed by atoms with Crippen molar-refractivity contribution >= 4 is 6.03 Å². The SMILES string of the molecule is COc1ccccc1OCNC(=O)N1CCN(C(c2ccccc2)c2ccccc2)CC1. The Morgan fingerprint density at radius 2 is 1.34 bits per heavy atom. The third-order valence-corrected chi connectivity index (χ3v) is 5.72. The van der Waals surface area contributed by atoms with Crippen LogP contribution in [0.5, 0.6) is 11.5 Å². The second kappa shape index (κ2) is 10.7. The van der Waals surface area contributed by atoms with Gasteiger partial charge in [-0.25, -0.2) is 4.79 Å². The number of carbonyl (C=O) groups is 1. The third kappa shape index (κ3) is 5.21. The van der Waals surface area contributed by atoms with Gasteiger partial charge in [0.1, 0.15) is 0 Å². The van der Waals surface area contributed by atoms with Gasteiger partial charge in [-0.2, -0.15) is 0 Å². The van der Waals surface area contributed by atoms with Crippen molar-refractivity contribution in [1.29, 1.82) is 0 Å². The van der Waals surface area contributed by atoms with Gasteiger partial charge in [0.15, 0.2) is 18.2 Å². The Morgan fingerprint density at radius 3 is 1.91 bits per heavy atom.